The second-order valence-electron chi connectivity index (χ2n) is 5.25. The Balaban J connectivity index is 2.10. The molecule has 0 spiro atoms. The van der Waals surface area contributed by atoms with Gasteiger partial charge >= 0.3 is 0 Å². The van der Waals surface area contributed by atoms with Gasteiger partial charge in [0, 0.05) is 13.1 Å². The van der Waals surface area contributed by atoms with Gasteiger partial charge in [0.05, 0.1) is 0 Å². The number of ether oxygens (including phenoxy) is 1. The number of likely N-dealkylation sites (tertiary alicyclic amines) is 1. The Labute approximate surface area is 115 Å². The number of carbonyl (C=O) groups excluding carboxylic acids is 1. The van der Waals surface area contributed by atoms with Gasteiger partial charge in [0.1, 0.15) is 5.75 Å². The fraction of sp³-hybridized carbons (Fsp3) is 0.562. The summed E-state index contributed by atoms with van der Waals surface area (Å²) in [4.78, 5) is 14.3. The van der Waals surface area contributed by atoms with Crippen molar-refractivity contribution in [3.8, 4) is 5.75 Å². The van der Waals surface area contributed by atoms with Gasteiger partial charge in [-0.2, -0.15) is 0 Å². The number of nitrogens with zero attached hydrogens (tertiary/aromatic N) is 1. The summed E-state index contributed by atoms with van der Waals surface area (Å²) in [5.74, 6) is 0.973. The SMILES string of the molecule is CC[C@@H](Oc1cccc(C)c1C)C(=O)N1CCCC1. The van der Waals surface area contributed by atoms with Crippen LogP contribution in [0.4, 0.5) is 0 Å². The molecule has 1 heterocycles. The highest BCUT2D eigenvalue weighted by atomic mass is 16.5. The van der Waals surface area contributed by atoms with Crippen molar-refractivity contribution >= 4 is 5.91 Å². The standard InChI is InChI=1S/C16H23NO2/c1-4-14(16(18)17-10-5-6-11-17)19-15-9-7-8-12(2)13(15)3/h7-9,14H,4-6,10-11H2,1-3H3/t14-/m1/s1. The molecule has 0 radical (unpaired) electrons. The van der Waals surface area contributed by atoms with Crippen LogP contribution >= 0.6 is 0 Å². The van der Waals surface area contributed by atoms with Crippen LogP contribution < -0.4 is 4.74 Å². The first-order valence-corrected chi connectivity index (χ1v) is 7.15. The molecule has 1 aromatic rings. The molecule has 1 aliphatic rings. The number of carbonyl (C=O) groups is 1. The van der Waals surface area contributed by atoms with Crippen LogP contribution in [0.2, 0.25) is 0 Å². The number of benzene rings is 1. The Hall–Kier alpha value is -1.51. The van der Waals surface area contributed by atoms with E-state index in [-0.39, 0.29) is 12.0 Å². The molecular weight excluding hydrogens is 238 g/mol. The largest absolute Gasteiger partial charge is 0.480 e. The maximum atomic E-state index is 12.4. The molecule has 1 atom stereocenters. The van der Waals surface area contributed by atoms with Gasteiger partial charge in [-0.1, -0.05) is 19.1 Å². The van der Waals surface area contributed by atoms with Crippen molar-refractivity contribution < 1.29 is 9.53 Å². The van der Waals surface area contributed by atoms with Crippen LogP contribution in [0.15, 0.2) is 18.2 Å². The quantitative estimate of drug-likeness (QED) is 0.833. The van der Waals surface area contributed by atoms with Crippen molar-refractivity contribution in [2.45, 2.75) is 46.1 Å². The third-order valence-corrected chi connectivity index (χ3v) is 3.89. The molecule has 0 bridgehead atoms. The monoisotopic (exact) mass is 261 g/mol. The van der Waals surface area contributed by atoms with Gasteiger partial charge in [0.15, 0.2) is 6.10 Å². The predicted octanol–water partition coefficient (Wildman–Crippen LogP) is 3.08. The van der Waals surface area contributed by atoms with Crippen molar-refractivity contribution in [1.29, 1.82) is 0 Å². The Kier molecular flexibility index (Phi) is 4.46. The van der Waals surface area contributed by atoms with E-state index >= 15 is 0 Å². The minimum atomic E-state index is -0.349. The lowest BCUT2D eigenvalue weighted by Crippen LogP contribution is -2.40. The van der Waals surface area contributed by atoms with E-state index in [1.807, 2.05) is 30.9 Å². The summed E-state index contributed by atoms with van der Waals surface area (Å²) in [6.45, 7) is 7.86. The van der Waals surface area contributed by atoms with E-state index < -0.39 is 0 Å². The minimum absolute atomic E-state index is 0.140. The van der Waals surface area contributed by atoms with Gasteiger partial charge in [-0.05, 0) is 50.3 Å². The first kappa shape index (κ1) is 13.9. The van der Waals surface area contributed by atoms with Crippen LogP contribution in [0.3, 0.4) is 0 Å². The highest BCUT2D eigenvalue weighted by Crippen LogP contribution is 2.23. The molecule has 1 aliphatic heterocycles. The summed E-state index contributed by atoms with van der Waals surface area (Å²) in [6.07, 6.45) is 2.60. The molecule has 1 aromatic carbocycles. The zero-order chi connectivity index (χ0) is 13.8. The topological polar surface area (TPSA) is 29.5 Å². The lowest BCUT2D eigenvalue weighted by molar-refractivity contribution is -0.137. The van der Waals surface area contributed by atoms with Crippen LogP contribution in [0.5, 0.6) is 5.75 Å². The molecule has 19 heavy (non-hydrogen) atoms. The predicted molar refractivity (Wildman–Crippen MR) is 76.4 cm³/mol. The molecule has 0 saturated carbocycles. The Morgan fingerprint density at radius 3 is 2.63 bits per heavy atom. The van der Waals surface area contributed by atoms with E-state index in [4.69, 9.17) is 4.74 Å². The second kappa shape index (κ2) is 6.09. The molecule has 1 fully saturated rings. The molecule has 1 amide bonds. The van der Waals surface area contributed by atoms with Crippen molar-refractivity contribution in [3.05, 3.63) is 29.3 Å². The maximum absolute atomic E-state index is 12.4. The number of amides is 1. The third-order valence-electron chi connectivity index (χ3n) is 3.89. The third kappa shape index (κ3) is 3.09. The van der Waals surface area contributed by atoms with Crippen LogP contribution in [0.25, 0.3) is 0 Å². The molecule has 1 saturated heterocycles. The van der Waals surface area contributed by atoms with Gasteiger partial charge in [0.2, 0.25) is 0 Å². The maximum Gasteiger partial charge on any atom is 0.263 e. The molecule has 0 aromatic heterocycles. The van der Waals surface area contributed by atoms with Gasteiger partial charge in [-0.15, -0.1) is 0 Å². The fourth-order valence-electron chi connectivity index (χ4n) is 2.45. The smallest absolute Gasteiger partial charge is 0.263 e. The molecule has 0 N–H and O–H groups in total. The van der Waals surface area contributed by atoms with Gasteiger partial charge < -0.3 is 9.64 Å². The fourth-order valence-corrected chi connectivity index (χ4v) is 2.45. The lowest BCUT2D eigenvalue weighted by Gasteiger charge is -2.24. The summed E-state index contributed by atoms with van der Waals surface area (Å²) in [5, 5.41) is 0. The number of aryl methyl sites for hydroxylation is 1. The van der Waals surface area contributed by atoms with Crippen molar-refractivity contribution in [1.82, 2.24) is 4.90 Å². The van der Waals surface area contributed by atoms with Gasteiger partial charge in [-0.3, -0.25) is 4.79 Å². The lowest BCUT2D eigenvalue weighted by atomic mass is 10.1. The number of hydrogen-bond donors (Lipinski definition) is 0. The summed E-state index contributed by atoms with van der Waals surface area (Å²) in [5.41, 5.74) is 2.32. The highest BCUT2D eigenvalue weighted by Gasteiger charge is 2.27. The van der Waals surface area contributed by atoms with E-state index in [0.29, 0.717) is 6.42 Å². The molecule has 2 rings (SSSR count). The van der Waals surface area contributed by atoms with Crippen molar-refractivity contribution in [2.75, 3.05) is 13.1 Å². The first-order chi connectivity index (χ1) is 9.13. The summed E-state index contributed by atoms with van der Waals surface area (Å²) in [6, 6.07) is 5.98. The van der Waals surface area contributed by atoms with Gasteiger partial charge in [0.25, 0.3) is 5.91 Å². The number of rotatable bonds is 4. The van der Waals surface area contributed by atoms with E-state index in [1.165, 1.54) is 5.56 Å². The number of hydrogen-bond acceptors (Lipinski definition) is 2. The van der Waals surface area contributed by atoms with Crippen molar-refractivity contribution in [3.63, 3.8) is 0 Å². The Morgan fingerprint density at radius 1 is 1.32 bits per heavy atom. The second-order valence-corrected chi connectivity index (χ2v) is 5.25. The zero-order valence-corrected chi connectivity index (χ0v) is 12.1. The first-order valence-electron chi connectivity index (χ1n) is 7.15. The zero-order valence-electron chi connectivity index (χ0n) is 12.1. The normalized spacial score (nSPS) is 16.5. The molecule has 104 valence electrons. The highest BCUT2D eigenvalue weighted by molar-refractivity contribution is 5.81. The minimum Gasteiger partial charge on any atom is -0.480 e. The van der Waals surface area contributed by atoms with Gasteiger partial charge in [-0.25, -0.2) is 0 Å². The molecular formula is C16H23NO2. The average molecular weight is 261 g/mol. The van der Waals surface area contributed by atoms with Crippen LogP contribution in [0.1, 0.15) is 37.3 Å². The van der Waals surface area contributed by atoms with Crippen molar-refractivity contribution in [2.24, 2.45) is 0 Å². The van der Waals surface area contributed by atoms with Crippen LogP contribution in [-0.4, -0.2) is 30.0 Å². The Bertz CT molecular complexity index is 450. The van der Waals surface area contributed by atoms with E-state index in [0.717, 1.165) is 37.2 Å². The molecule has 3 heteroatoms. The van der Waals surface area contributed by atoms with E-state index in [9.17, 15) is 4.79 Å². The van der Waals surface area contributed by atoms with Crippen LogP contribution in [0, 0.1) is 13.8 Å². The van der Waals surface area contributed by atoms with E-state index in [1.54, 1.807) is 0 Å². The van der Waals surface area contributed by atoms with Crippen LogP contribution in [-0.2, 0) is 4.79 Å². The Morgan fingerprint density at radius 2 is 2.00 bits per heavy atom. The molecule has 0 aliphatic carbocycles. The molecule has 3 nitrogen and oxygen atoms in total. The summed E-state index contributed by atoms with van der Waals surface area (Å²) in [7, 11) is 0. The summed E-state index contributed by atoms with van der Waals surface area (Å²) < 4.78 is 5.96. The molecule has 0 unspecified atom stereocenters. The van der Waals surface area contributed by atoms with E-state index in [2.05, 4.69) is 13.0 Å². The average Bonchev–Trinajstić information content (AvgIpc) is 2.94. The summed E-state index contributed by atoms with van der Waals surface area (Å²) >= 11 is 0.